The van der Waals surface area contributed by atoms with Gasteiger partial charge in [-0.2, -0.15) is 0 Å². The van der Waals surface area contributed by atoms with Crippen LogP contribution in [0.15, 0.2) is 42.5 Å². The molecule has 0 saturated heterocycles. The molecule has 1 atom stereocenters. The second-order valence-electron chi connectivity index (χ2n) is 5.37. The molecule has 2 rings (SSSR count). The van der Waals surface area contributed by atoms with Crippen molar-refractivity contribution in [2.45, 2.75) is 25.3 Å². The van der Waals surface area contributed by atoms with Crippen molar-refractivity contribution in [1.82, 2.24) is 0 Å². The second kappa shape index (κ2) is 5.51. The van der Waals surface area contributed by atoms with Gasteiger partial charge in [-0.05, 0) is 41.5 Å². The standard InChI is InChI=1S/C16H16ClF2N/c1-16(2,10-3-5-11(18)6-4-10)15(20)13-9-12(19)7-8-14(13)17/h3-9,15H,20H2,1-2H3. The van der Waals surface area contributed by atoms with Crippen LogP contribution in [0.5, 0.6) is 0 Å². The lowest BCUT2D eigenvalue weighted by Crippen LogP contribution is -2.33. The second-order valence-corrected chi connectivity index (χ2v) is 5.78. The zero-order chi connectivity index (χ0) is 14.9. The molecule has 0 bridgehead atoms. The van der Waals surface area contributed by atoms with Gasteiger partial charge in [-0.15, -0.1) is 0 Å². The van der Waals surface area contributed by atoms with E-state index in [1.807, 2.05) is 13.8 Å². The Morgan fingerprint density at radius 2 is 1.55 bits per heavy atom. The predicted octanol–water partition coefficient (Wildman–Crippen LogP) is 4.60. The number of nitrogens with two attached hydrogens (primary N) is 1. The predicted molar refractivity (Wildman–Crippen MR) is 77.8 cm³/mol. The van der Waals surface area contributed by atoms with Crippen molar-refractivity contribution in [3.63, 3.8) is 0 Å². The van der Waals surface area contributed by atoms with Crippen molar-refractivity contribution in [2.24, 2.45) is 5.73 Å². The summed E-state index contributed by atoms with van der Waals surface area (Å²) in [5.41, 5.74) is 7.17. The van der Waals surface area contributed by atoms with Crippen molar-refractivity contribution in [2.75, 3.05) is 0 Å². The number of hydrogen-bond donors (Lipinski definition) is 1. The van der Waals surface area contributed by atoms with Gasteiger partial charge >= 0.3 is 0 Å². The van der Waals surface area contributed by atoms with Gasteiger partial charge in [0.05, 0.1) is 0 Å². The van der Waals surface area contributed by atoms with Crippen molar-refractivity contribution in [3.8, 4) is 0 Å². The lowest BCUT2D eigenvalue weighted by Gasteiger charge is -2.33. The van der Waals surface area contributed by atoms with Crippen molar-refractivity contribution < 1.29 is 8.78 Å². The lowest BCUT2D eigenvalue weighted by molar-refractivity contribution is 0.418. The van der Waals surface area contributed by atoms with E-state index in [0.717, 1.165) is 5.56 Å². The highest BCUT2D eigenvalue weighted by atomic mass is 35.5. The van der Waals surface area contributed by atoms with E-state index < -0.39 is 11.5 Å². The van der Waals surface area contributed by atoms with E-state index in [9.17, 15) is 8.78 Å². The van der Waals surface area contributed by atoms with Crippen molar-refractivity contribution >= 4 is 11.6 Å². The lowest BCUT2D eigenvalue weighted by atomic mass is 9.75. The van der Waals surface area contributed by atoms with Crippen LogP contribution in [0.2, 0.25) is 5.02 Å². The summed E-state index contributed by atoms with van der Waals surface area (Å²) in [6.07, 6.45) is 0. The maximum atomic E-state index is 13.4. The number of benzene rings is 2. The van der Waals surface area contributed by atoms with Gasteiger partial charge in [0.25, 0.3) is 0 Å². The molecule has 0 saturated carbocycles. The van der Waals surface area contributed by atoms with E-state index in [1.165, 1.54) is 30.3 Å². The molecule has 0 fully saturated rings. The minimum absolute atomic E-state index is 0.304. The summed E-state index contributed by atoms with van der Waals surface area (Å²) in [6, 6.07) is 9.77. The largest absolute Gasteiger partial charge is 0.323 e. The molecule has 2 N–H and O–H groups in total. The molecule has 0 spiro atoms. The molecule has 20 heavy (non-hydrogen) atoms. The first-order chi connectivity index (χ1) is 9.32. The van der Waals surface area contributed by atoms with Gasteiger partial charge in [0.1, 0.15) is 11.6 Å². The summed E-state index contributed by atoms with van der Waals surface area (Å²) >= 11 is 6.10. The third-order valence-electron chi connectivity index (χ3n) is 3.66. The number of halogens is 3. The molecule has 1 unspecified atom stereocenters. The minimum Gasteiger partial charge on any atom is -0.323 e. The molecule has 4 heteroatoms. The Morgan fingerprint density at radius 3 is 2.15 bits per heavy atom. The Bertz CT molecular complexity index is 608. The SMILES string of the molecule is CC(C)(c1ccc(F)cc1)C(N)c1cc(F)ccc1Cl. The van der Waals surface area contributed by atoms with Crippen LogP contribution in [0.3, 0.4) is 0 Å². The van der Waals surface area contributed by atoms with Crippen LogP contribution in [0.25, 0.3) is 0 Å². The fourth-order valence-electron chi connectivity index (χ4n) is 2.20. The van der Waals surface area contributed by atoms with E-state index in [0.29, 0.717) is 10.6 Å². The molecule has 2 aromatic rings. The highest BCUT2D eigenvalue weighted by Crippen LogP contribution is 2.38. The third kappa shape index (κ3) is 2.84. The molecule has 1 nitrogen and oxygen atoms in total. The summed E-state index contributed by atoms with van der Waals surface area (Å²) in [7, 11) is 0. The van der Waals surface area contributed by atoms with Gasteiger partial charge in [-0.3, -0.25) is 0 Å². The van der Waals surface area contributed by atoms with Crippen molar-refractivity contribution in [1.29, 1.82) is 0 Å². The zero-order valence-corrected chi connectivity index (χ0v) is 12.1. The van der Waals surface area contributed by atoms with E-state index in [-0.39, 0.29) is 11.6 Å². The van der Waals surface area contributed by atoms with Crippen molar-refractivity contribution in [3.05, 3.63) is 70.2 Å². The van der Waals surface area contributed by atoms with Gasteiger partial charge in [0, 0.05) is 16.5 Å². The van der Waals surface area contributed by atoms with Gasteiger partial charge < -0.3 is 5.73 Å². The van der Waals surface area contributed by atoms with Gasteiger partial charge in [0.2, 0.25) is 0 Å². The molecule has 0 aliphatic rings. The fraction of sp³-hybridized carbons (Fsp3) is 0.250. The highest BCUT2D eigenvalue weighted by Gasteiger charge is 2.31. The minimum atomic E-state index is -0.509. The monoisotopic (exact) mass is 295 g/mol. The molecule has 0 aromatic heterocycles. The van der Waals surface area contributed by atoms with E-state index >= 15 is 0 Å². The Labute approximate surface area is 122 Å². The van der Waals surface area contributed by atoms with Gasteiger partial charge in [-0.25, -0.2) is 8.78 Å². The Balaban J connectivity index is 2.42. The molecular formula is C16H16ClF2N. The Hall–Kier alpha value is -1.45. The van der Waals surface area contributed by atoms with E-state index in [4.69, 9.17) is 17.3 Å². The maximum absolute atomic E-state index is 13.4. The summed E-state index contributed by atoms with van der Waals surface area (Å²) in [5, 5.41) is 0.425. The Kier molecular flexibility index (Phi) is 4.11. The molecule has 0 amide bonds. The summed E-state index contributed by atoms with van der Waals surface area (Å²) < 4.78 is 26.4. The fourth-order valence-corrected chi connectivity index (χ4v) is 2.44. The number of hydrogen-bond acceptors (Lipinski definition) is 1. The quantitative estimate of drug-likeness (QED) is 0.880. The maximum Gasteiger partial charge on any atom is 0.123 e. The van der Waals surface area contributed by atoms with Crippen LogP contribution in [0.4, 0.5) is 8.78 Å². The van der Waals surface area contributed by atoms with Crippen LogP contribution in [-0.2, 0) is 5.41 Å². The van der Waals surface area contributed by atoms with Crippen LogP contribution >= 0.6 is 11.6 Å². The van der Waals surface area contributed by atoms with Crippen LogP contribution in [0.1, 0.15) is 31.0 Å². The summed E-state index contributed by atoms with van der Waals surface area (Å²) in [4.78, 5) is 0. The van der Waals surface area contributed by atoms with Crippen LogP contribution in [-0.4, -0.2) is 0 Å². The smallest absolute Gasteiger partial charge is 0.123 e. The normalized spacial score (nSPS) is 13.3. The molecule has 0 radical (unpaired) electrons. The molecule has 0 heterocycles. The summed E-state index contributed by atoms with van der Waals surface area (Å²) in [5.74, 6) is -0.684. The average molecular weight is 296 g/mol. The molecule has 0 aliphatic carbocycles. The zero-order valence-electron chi connectivity index (χ0n) is 11.3. The average Bonchev–Trinajstić information content (AvgIpc) is 2.41. The van der Waals surface area contributed by atoms with E-state index in [1.54, 1.807) is 12.1 Å². The third-order valence-corrected chi connectivity index (χ3v) is 4.00. The summed E-state index contributed by atoms with van der Waals surface area (Å²) in [6.45, 7) is 3.85. The molecule has 0 aliphatic heterocycles. The van der Waals surface area contributed by atoms with Crippen LogP contribution < -0.4 is 5.73 Å². The van der Waals surface area contributed by atoms with Crippen LogP contribution in [0, 0.1) is 11.6 Å². The first-order valence-electron chi connectivity index (χ1n) is 6.29. The number of rotatable bonds is 3. The molecular weight excluding hydrogens is 280 g/mol. The van der Waals surface area contributed by atoms with Gasteiger partial charge in [-0.1, -0.05) is 37.6 Å². The first kappa shape index (κ1) is 14.9. The Morgan fingerprint density at radius 1 is 1.00 bits per heavy atom. The molecule has 106 valence electrons. The van der Waals surface area contributed by atoms with E-state index in [2.05, 4.69) is 0 Å². The topological polar surface area (TPSA) is 26.0 Å². The highest BCUT2D eigenvalue weighted by molar-refractivity contribution is 6.31. The van der Waals surface area contributed by atoms with Gasteiger partial charge in [0.15, 0.2) is 0 Å². The molecule has 2 aromatic carbocycles. The first-order valence-corrected chi connectivity index (χ1v) is 6.66.